The standard InChI is InChI=1S/C14H16N6O/c1-2-5-16-12-4-3-11(8-17-12)10-20-14(21)19-7-6-15-9-13(19)18-20/h3-4,6-9H,2,5,10H2,1H3,(H,16,17). The smallest absolute Gasteiger partial charge is 0.350 e. The van der Waals surface area contributed by atoms with Gasteiger partial charge < -0.3 is 5.32 Å². The highest BCUT2D eigenvalue weighted by Gasteiger charge is 2.07. The molecule has 0 aliphatic heterocycles. The fourth-order valence-electron chi connectivity index (χ4n) is 2.03. The highest BCUT2D eigenvalue weighted by molar-refractivity contribution is 5.36. The van der Waals surface area contributed by atoms with Gasteiger partial charge in [0.05, 0.1) is 12.7 Å². The number of anilines is 1. The van der Waals surface area contributed by atoms with Crippen LogP contribution in [0, 0.1) is 0 Å². The Morgan fingerprint density at radius 3 is 2.90 bits per heavy atom. The second-order valence-corrected chi connectivity index (χ2v) is 4.72. The Kier molecular flexibility index (Phi) is 3.63. The minimum absolute atomic E-state index is 0.180. The van der Waals surface area contributed by atoms with Crippen LogP contribution in [-0.2, 0) is 6.54 Å². The summed E-state index contributed by atoms with van der Waals surface area (Å²) >= 11 is 0. The molecule has 3 heterocycles. The summed E-state index contributed by atoms with van der Waals surface area (Å²) in [5.74, 6) is 0.840. The van der Waals surface area contributed by atoms with Gasteiger partial charge in [0.1, 0.15) is 5.82 Å². The van der Waals surface area contributed by atoms with Crippen molar-refractivity contribution in [3.8, 4) is 0 Å². The monoisotopic (exact) mass is 284 g/mol. The van der Waals surface area contributed by atoms with Crippen LogP contribution >= 0.6 is 0 Å². The lowest BCUT2D eigenvalue weighted by molar-refractivity contribution is 0.657. The van der Waals surface area contributed by atoms with E-state index in [1.165, 1.54) is 9.08 Å². The largest absolute Gasteiger partial charge is 0.370 e. The van der Waals surface area contributed by atoms with Crippen LogP contribution in [0.4, 0.5) is 5.82 Å². The number of aromatic nitrogens is 5. The van der Waals surface area contributed by atoms with Crippen LogP contribution in [0.5, 0.6) is 0 Å². The summed E-state index contributed by atoms with van der Waals surface area (Å²) in [5, 5.41) is 7.45. The molecule has 0 atom stereocenters. The van der Waals surface area contributed by atoms with E-state index in [0.29, 0.717) is 12.2 Å². The second kappa shape index (κ2) is 5.74. The zero-order valence-electron chi connectivity index (χ0n) is 11.7. The van der Waals surface area contributed by atoms with Crippen molar-refractivity contribution in [1.82, 2.24) is 24.1 Å². The Hall–Kier alpha value is -2.70. The van der Waals surface area contributed by atoms with Crippen LogP contribution in [0.1, 0.15) is 18.9 Å². The number of hydrogen-bond donors (Lipinski definition) is 1. The number of nitrogens with one attached hydrogen (secondary N) is 1. The molecule has 3 rings (SSSR count). The first-order valence-corrected chi connectivity index (χ1v) is 6.86. The van der Waals surface area contributed by atoms with Crippen LogP contribution in [0.2, 0.25) is 0 Å². The summed E-state index contributed by atoms with van der Waals surface area (Å²) in [7, 11) is 0. The number of rotatable bonds is 5. The van der Waals surface area contributed by atoms with Gasteiger partial charge in [0.25, 0.3) is 0 Å². The summed E-state index contributed by atoms with van der Waals surface area (Å²) in [5.41, 5.74) is 1.28. The lowest BCUT2D eigenvalue weighted by Crippen LogP contribution is -2.21. The van der Waals surface area contributed by atoms with Gasteiger partial charge in [-0.25, -0.2) is 18.9 Å². The normalized spacial score (nSPS) is 10.9. The first-order chi connectivity index (χ1) is 10.3. The molecule has 0 aliphatic carbocycles. The van der Waals surface area contributed by atoms with Gasteiger partial charge in [-0.15, -0.1) is 5.10 Å². The molecule has 0 spiro atoms. The van der Waals surface area contributed by atoms with Gasteiger partial charge in [-0.2, -0.15) is 0 Å². The average Bonchev–Trinajstić information content (AvgIpc) is 2.83. The first-order valence-electron chi connectivity index (χ1n) is 6.86. The molecule has 0 aliphatic rings. The van der Waals surface area contributed by atoms with Crippen molar-refractivity contribution in [3.63, 3.8) is 0 Å². The van der Waals surface area contributed by atoms with E-state index in [2.05, 4.69) is 27.3 Å². The fourth-order valence-corrected chi connectivity index (χ4v) is 2.03. The maximum absolute atomic E-state index is 12.1. The van der Waals surface area contributed by atoms with Gasteiger partial charge in [-0.05, 0) is 18.1 Å². The Labute approximate surface area is 121 Å². The molecular formula is C14H16N6O. The van der Waals surface area contributed by atoms with E-state index in [1.807, 2.05) is 12.1 Å². The lowest BCUT2D eigenvalue weighted by Gasteiger charge is -2.04. The van der Waals surface area contributed by atoms with E-state index in [4.69, 9.17) is 0 Å². The van der Waals surface area contributed by atoms with Gasteiger partial charge in [0, 0.05) is 25.1 Å². The molecule has 3 aromatic heterocycles. The number of nitrogens with zero attached hydrogens (tertiary/aromatic N) is 5. The molecule has 0 saturated heterocycles. The lowest BCUT2D eigenvalue weighted by atomic mass is 10.3. The Bertz CT molecular complexity index is 789. The van der Waals surface area contributed by atoms with Gasteiger partial charge in [-0.3, -0.25) is 4.98 Å². The maximum Gasteiger partial charge on any atom is 0.350 e. The topological polar surface area (TPSA) is 77.1 Å². The molecule has 3 aromatic rings. The summed E-state index contributed by atoms with van der Waals surface area (Å²) < 4.78 is 2.88. The first kappa shape index (κ1) is 13.3. The molecule has 108 valence electrons. The van der Waals surface area contributed by atoms with Crippen molar-refractivity contribution in [2.45, 2.75) is 19.9 Å². The van der Waals surface area contributed by atoms with Gasteiger partial charge in [-0.1, -0.05) is 13.0 Å². The van der Waals surface area contributed by atoms with Gasteiger partial charge in [0.2, 0.25) is 0 Å². The molecular weight excluding hydrogens is 268 g/mol. The van der Waals surface area contributed by atoms with Gasteiger partial charge in [0.15, 0.2) is 5.65 Å². The second-order valence-electron chi connectivity index (χ2n) is 4.72. The summed E-state index contributed by atoms with van der Waals surface area (Å²) in [6.07, 6.45) is 7.54. The molecule has 0 bridgehead atoms. The summed E-state index contributed by atoms with van der Waals surface area (Å²) in [4.78, 5) is 20.4. The number of pyridine rings is 1. The molecule has 7 heteroatoms. The molecule has 0 amide bonds. The molecule has 21 heavy (non-hydrogen) atoms. The van der Waals surface area contributed by atoms with Crippen molar-refractivity contribution in [2.24, 2.45) is 0 Å². The summed E-state index contributed by atoms with van der Waals surface area (Å²) in [6, 6.07) is 3.85. The molecule has 7 nitrogen and oxygen atoms in total. The molecule has 1 N–H and O–H groups in total. The SMILES string of the molecule is CCCNc1ccc(Cn2nc3cnccn3c2=O)cn1. The minimum atomic E-state index is -0.180. The zero-order chi connectivity index (χ0) is 14.7. The van der Waals surface area contributed by atoms with E-state index >= 15 is 0 Å². The third kappa shape index (κ3) is 2.76. The highest BCUT2D eigenvalue weighted by atomic mass is 16.2. The minimum Gasteiger partial charge on any atom is -0.370 e. The molecule has 0 saturated carbocycles. The van der Waals surface area contributed by atoms with Gasteiger partial charge >= 0.3 is 5.69 Å². The predicted molar refractivity (Wildman–Crippen MR) is 79.4 cm³/mol. The predicted octanol–water partition coefficient (Wildman–Crippen LogP) is 1.16. The van der Waals surface area contributed by atoms with E-state index in [-0.39, 0.29) is 5.69 Å². The third-order valence-electron chi connectivity index (χ3n) is 3.10. The Balaban J connectivity index is 1.82. The van der Waals surface area contributed by atoms with Crippen molar-refractivity contribution in [3.05, 3.63) is 53.0 Å². The van der Waals surface area contributed by atoms with Crippen molar-refractivity contribution in [2.75, 3.05) is 11.9 Å². The van der Waals surface area contributed by atoms with E-state index < -0.39 is 0 Å². The number of fused-ring (bicyclic) bond motifs is 1. The molecule has 0 aromatic carbocycles. The van der Waals surface area contributed by atoms with Crippen LogP contribution < -0.4 is 11.0 Å². The third-order valence-corrected chi connectivity index (χ3v) is 3.10. The van der Waals surface area contributed by atoms with Crippen LogP contribution in [0.3, 0.4) is 0 Å². The quantitative estimate of drug-likeness (QED) is 0.760. The van der Waals surface area contributed by atoms with E-state index in [0.717, 1.165) is 24.3 Å². The average molecular weight is 284 g/mol. The Morgan fingerprint density at radius 1 is 1.29 bits per heavy atom. The molecule has 0 unspecified atom stereocenters. The van der Waals surface area contributed by atoms with Crippen molar-refractivity contribution >= 4 is 11.5 Å². The Morgan fingerprint density at radius 2 is 2.19 bits per heavy atom. The maximum atomic E-state index is 12.1. The van der Waals surface area contributed by atoms with E-state index in [9.17, 15) is 4.79 Å². The van der Waals surface area contributed by atoms with Crippen molar-refractivity contribution < 1.29 is 0 Å². The van der Waals surface area contributed by atoms with Crippen LogP contribution in [0.15, 0.2) is 41.7 Å². The molecule has 0 fully saturated rings. The molecule has 0 radical (unpaired) electrons. The van der Waals surface area contributed by atoms with Crippen LogP contribution in [0.25, 0.3) is 5.65 Å². The van der Waals surface area contributed by atoms with Crippen LogP contribution in [-0.4, -0.2) is 30.7 Å². The fraction of sp³-hybridized carbons (Fsp3) is 0.286. The number of hydrogen-bond acceptors (Lipinski definition) is 5. The highest BCUT2D eigenvalue weighted by Crippen LogP contribution is 2.06. The summed E-state index contributed by atoms with van der Waals surface area (Å²) in [6.45, 7) is 3.39. The zero-order valence-corrected chi connectivity index (χ0v) is 11.7. The van der Waals surface area contributed by atoms with E-state index in [1.54, 1.807) is 24.8 Å². The van der Waals surface area contributed by atoms with Crippen molar-refractivity contribution in [1.29, 1.82) is 0 Å².